The Balaban J connectivity index is 1.53. The third-order valence-corrected chi connectivity index (χ3v) is 5.45. The van der Waals surface area contributed by atoms with Crippen molar-refractivity contribution in [2.24, 2.45) is 10.9 Å². The predicted molar refractivity (Wildman–Crippen MR) is 109 cm³/mol. The van der Waals surface area contributed by atoms with Crippen molar-refractivity contribution in [2.45, 2.75) is 31.9 Å². The van der Waals surface area contributed by atoms with E-state index in [0.29, 0.717) is 28.9 Å². The Morgan fingerprint density at radius 3 is 2.58 bits per heavy atom. The van der Waals surface area contributed by atoms with E-state index in [-0.39, 0.29) is 6.10 Å². The second kappa shape index (κ2) is 7.73. The number of pyridine rings is 1. The highest BCUT2D eigenvalue weighted by atomic mass is 19.1. The van der Waals surface area contributed by atoms with Crippen molar-refractivity contribution in [3.8, 4) is 11.6 Å². The molecule has 2 atom stereocenters. The maximum Gasteiger partial charge on any atom is 0.238 e. The van der Waals surface area contributed by atoms with Crippen molar-refractivity contribution >= 4 is 5.84 Å². The third kappa shape index (κ3) is 3.88. The Bertz CT molecular complexity index is 1140. The fraction of sp³-hybridized carbons (Fsp3) is 0.318. The van der Waals surface area contributed by atoms with Crippen LogP contribution in [0.1, 0.15) is 35.8 Å². The molecule has 0 spiro atoms. The SMILES string of the molecule is COc1nc(C2=N[C@@H](c3cc(F)cc(F)c3)[C@@H](C3CC3)ON2)ccc1-n1cnc(C)c1. The molecule has 0 unspecified atom stereocenters. The Kier molecular flexibility index (Phi) is 4.90. The quantitative estimate of drug-likeness (QED) is 0.675. The first-order valence-electron chi connectivity index (χ1n) is 10.0. The van der Waals surface area contributed by atoms with Crippen LogP contribution in [-0.2, 0) is 4.84 Å². The molecule has 0 saturated heterocycles. The summed E-state index contributed by atoms with van der Waals surface area (Å²) >= 11 is 0. The van der Waals surface area contributed by atoms with Crippen LogP contribution in [0.5, 0.6) is 5.88 Å². The van der Waals surface area contributed by atoms with Crippen molar-refractivity contribution in [3.63, 3.8) is 0 Å². The molecular weight excluding hydrogens is 404 g/mol. The van der Waals surface area contributed by atoms with Crippen molar-refractivity contribution in [1.82, 2.24) is 20.0 Å². The van der Waals surface area contributed by atoms with Crippen LogP contribution in [0.3, 0.4) is 0 Å². The number of nitrogens with zero attached hydrogens (tertiary/aromatic N) is 4. The lowest BCUT2D eigenvalue weighted by Gasteiger charge is -2.30. The van der Waals surface area contributed by atoms with Crippen LogP contribution >= 0.6 is 0 Å². The Labute approximate surface area is 177 Å². The number of imidazole rings is 1. The van der Waals surface area contributed by atoms with Crippen LogP contribution in [0.25, 0.3) is 5.69 Å². The Morgan fingerprint density at radius 2 is 1.94 bits per heavy atom. The average Bonchev–Trinajstić information content (AvgIpc) is 3.52. The molecule has 1 aliphatic carbocycles. The van der Waals surface area contributed by atoms with E-state index in [4.69, 9.17) is 14.6 Å². The zero-order chi connectivity index (χ0) is 21.5. The van der Waals surface area contributed by atoms with Gasteiger partial charge >= 0.3 is 0 Å². The molecule has 1 saturated carbocycles. The first-order chi connectivity index (χ1) is 15.0. The summed E-state index contributed by atoms with van der Waals surface area (Å²) in [6, 6.07) is 6.54. The van der Waals surface area contributed by atoms with Gasteiger partial charge in [0.05, 0.1) is 19.1 Å². The smallest absolute Gasteiger partial charge is 0.238 e. The number of methoxy groups -OCH3 is 1. The van der Waals surface area contributed by atoms with Crippen molar-refractivity contribution in [2.75, 3.05) is 7.11 Å². The molecule has 0 radical (unpaired) electrons. The van der Waals surface area contributed by atoms with Gasteiger partial charge in [-0.25, -0.2) is 24.2 Å². The minimum atomic E-state index is -0.639. The zero-order valence-corrected chi connectivity index (χ0v) is 17.0. The van der Waals surface area contributed by atoms with Gasteiger partial charge in [0.15, 0.2) is 5.84 Å². The van der Waals surface area contributed by atoms with Crippen molar-refractivity contribution < 1.29 is 18.4 Å². The highest BCUT2D eigenvalue weighted by Gasteiger charge is 2.41. The molecule has 0 amide bonds. The molecule has 2 aromatic heterocycles. The lowest BCUT2D eigenvalue weighted by atomic mass is 9.97. The summed E-state index contributed by atoms with van der Waals surface area (Å²) in [6.07, 6.45) is 5.24. The van der Waals surface area contributed by atoms with E-state index in [2.05, 4.69) is 15.4 Å². The normalized spacial score (nSPS) is 20.8. The third-order valence-electron chi connectivity index (χ3n) is 5.45. The molecular formula is C22H21F2N5O2. The molecule has 3 aromatic rings. The number of ether oxygens (including phenoxy) is 1. The lowest BCUT2D eigenvalue weighted by molar-refractivity contribution is -0.0293. The second-order valence-electron chi connectivity index (χ2n) is 7.79. The van der Waals surface area contributed by atoms with E-state index in [1.165, 1.54) is 19.2 Å². The summed E-state index contributed by atoms with van der Waals surface area (Å²) in [5, 5.41) is 0. The maximum atomic E-state index is 13.9. The van der Waals surface area contributed by atoms with Crippen LogP contribution in [-0.4, -0.2) is 33.6 Å². The summed E-state index contributed by atoms with van der Waals surface area (Å²) in [6.45, 7) is 1.90. The van der Waals surface area contributed by atoms with Gasteiger partial charge in [-0.2, -0.15) is 0 Å². The van der Waals surface area contributed by atoms with E-state index in [0.717, 1.165) is 30.3 Å². The number of nitrogens with one attached hydrogen (secondary N) is 1. The molecule has 31 heavy (non-hydrogen) atoms. The standard InChI is InChI=1S/C22H21F2N5O2/c1-12-10-29(11-25-12)18-6-5-17(26-22(18)30-2)21-27-19(20(31-28-21)13-3-4-13)14-7-15(23)9-16(24)8-14/h5-11,13,19-20H,3-4H2,1-2H3,(H,27,28)/t19-,20+/m0/s1. The zero-order valence-electron chi connectivity index (χ0n) is 17.0. The molecule has 9 heteroatoms. The number of hydrogen-bond donors (Lipinski definition) is 1. The number of amidine groups is 1. The van der Waals surface area contributed by atoms with Crippen molar-refractivity contribution in [3.05, 3.63) is 71.4 Å². The summed E-state index contributed by atoms with van der Waals surface area (Å²) in [4.78, 5) is 19.4. The second-order valence-corrected chi connectivity index (χ2v) is 7.79. The molecule has 7 nitrogen and oxygen atoms in total. The number of aliphatic imine (C=N–C) groups is 1. The molecule has 2 aliphatic rings. The number of halogens is 2. The first kappa shape index (κ1) is 19.6. The summed E-state index contributed by atoms with van der Waals surface area (Å²) in [5.41, 5.74) is 5.40. The topological polar surface area (TPSA) is 73.6 Å². The Morgan fingerprint density at radius 1 is 1.16 bits per heavy atom. The number of aromatic nitrogens is 3. The predicted octanol–water partition coefficient (Wildman–Crippen LogP) is 3.66. The van der Waals surface area contributed by atoms with Crippen LogP contribution in [0.15, 0.2) is 47.8 Å². The van der Waals surface area contributed by atoms with Gasteiger partial charge in [0.1, 0.15) is 35.2 Å². The van der Waals surface area contributed by atoms with Gasteiger partial charge in [-0.3, -0.25) is 9.83 Å². The van der Waals surface area contributed by atoms with Crippen LogP contribution in [0.2, 0.25) is 0 Å². The number of rotatable bonds is 5. The average molecular weight is 425 g/mol. The minimum absolute atomic E-state index is 0.295. The largest absolute Gasteiger partial charge is 0.479 e. The van der Waals surface area contributed by atoms with Crippen LogP contribution in [0.4, 0.5) is 8.78 Å². The highest BCUT2D eigenvalue weighted by Crippen LogP contribution is 2.42. The summed E-state index contributed by atoms with van der Waals surface area (Å²) in [5.74, 6) is -0.224. The van der Waals surface area contributed by atoms with Gasteiger partial charge < -0.3 is 9.30 Å². The monoisotopic (exact) mass is 425 g/mol. The van der Waals surface area contributed by atoms with Gasteiger partial charge in [-0.15, -0.1) is 0 Å². The molecule has 160 valence electrons. The van der Waals surface area contributed by atoms with Gasteiger partial charge in [-0.05, 0) is 55.5 Å². The van der Waals surface area contributed by atoms with Crippen LogP contribution in [0, 0.1) is 24.5 Å². The Hall–Kier alpha value is -3.33. The number of aryl methyl sites for hydroxylation is 1. The summed E-state index contributed by atoms with van der Waals surface area (Å²) < 4.78 is 35.0. The maximum absolute atomic E-state index is 13.9. The number of hydrogen-bond acceptors (Lipinski definition) is 6. The van der Waals surface area contributed by atoms with E-state index in [1.54, 1.807) is 12.4 Å². The highest BCUT2D eigenvalue weighted by molar-refractivity contribution is 5.97. The van der Waals surface area contributed by atoms with Gasteiger partial charge in [0.25, 0.3) is 0 Å². The van der Waals surface area contributed by atoms with E-state index < -0.39 is 17.7 Å². The van der Waals surface area contributed by atoms with Crippen LogP contribution < -0.4 is 10.2 Å². The fourth-order valence-corrected chi connectivity index (χ4v) is 3.80. The van der Waals surface area contributed by atoms with Gasteiger partial charge in [0.2, 0.25) is 5.88 Å². The molecule has 5 rings (SSSR count). The van der Waals surface area contributed by atoms with E-state index in [1.807, 2.05) is 23.8 Å². The van der Waals surface area contributed by atoms with E-state index >= 15 is 0 Å². The molecule has 1 fully saturated rings. The van der Waals surface area contributed by atoms with Gasteiger partial charge in [-0.1, -0.05) is 0 Å². The summed E-state index contributed by atoms with van der Waals surface area (Å²) in [7, 11) is 1.54. The van der Waals surface area contributed by atoms with Crippen molar-refractivity contribution in [1.29, 1.82) is 0 Å². The fourth-order valence-electron chi connectivity index (χ4n) is 3.80. The lowest BCUT2D eigenvalue weighted by Crippen LogP contribution is -2.40. The molecule has 0 bridgehead atoms. The first-order valence-corrected chi connectivity index (χ1v) is 10.0. The van der Waals surface area contributed by atoms with Gasteiger partial charge in [0, 0.05) is 12.3 Å². The van der Waals surface area contributed by atoms with E-state index in [9.17, 15) is 8.78 Å². The molecule has 1 N–H and O–H groups in total. The number of benzene rings is 1. The molecule has 3 heterocycles. The minimum Gasteiger partial charge on any atom is -0.479 e. The molecule has 1 aromatic carbocycles. The molecule has 1 aliphatic heterocycles. The number of hydroxylamine groups is 1.